The summed E-state index contributed by atoms with van der Waals surface area (Å²) >= 11 is 5.09. The molecule has 18 heavy (non-hydrogen) atoms. The van der Waals surface area contributed by atoms with Crippen molar-refractivity contribution in [3.63, 3.8) is 0 Å². The molecule has 0 atom stereocenters. The minimum Gasteiger partial charge on any atom is -0.497 e. The summed E-state index contributed by atoms with van der Waals surface area (Å²) in [5, 5.41) is 13.9. The SMILES string of the molecule is COc1ccc(-c2cc(=S)ss2)cc1.O=C(O)O. The average Bonchev–Trinajstić information content (AvgIpc) is 2.75. The van der Waals surface area contributed by atoms with Crippen LogP contribution in [-0.2, 0) is 0 Å². The molecular weight excluding hydrogens is 292 g/mol. The number of carbonyl (C=O) groups is 1. The molecule has 0 aliphatic rings. The van der Waals surface area contributed by atoms with E-state index in [9.17, 15) is 0 Å². The molecule has 0 saturated heterocycles. The van der Waals surface area contributed by atoms with Crippen molar-refractivity contribution in [3.8, 4) is 16.2 Å². The minimum atomic E-state index is -1.83. The highest BCUT2D eigenvalue weighted by Gasteiger charge is 2.00. The standard InChI is InChI=1S/C10H8OS3.CH2O3/c1-11-8-4-2-7(3-5-8)9-6-10(12)14-13-9;2-1(3)4/h2-6H,1H3;(H2,2,3,4). The van der Waals surface area contributed by atoms with Crippen LogP contribution in [0.25, 0.3) is 10.4 Å². The third-order valence-electron chi connectivity index (χ3n) is 1.84. The summed E-state index contributed by atoms with van der Waals surface area (Å²) in [6, 6.07) is 10.1. The lowest BCUT2D eigenvalue weighted by atomic mass is 10.2. The van der Waals surface area contributed by atoms with Gasteiger partial charge in [-0.25, -0.2) is 4.79 Å². The molecule has 2 N–H and O–H groups in total. The summed E-state index contributed by atoms with van der Waals surface area (Å²) < 4.78 is 6.04. The molecule has 2 aromatic rings. The Morgan fingerprint density at radius 3 is 2.17 bits per heavy atom. The number of hydrogen-bond acceptors (Lipinski definition) is 5. The summed E-state index contributed by atoms with van der Waals surface area (Å²) in [6.07, 6.45) is -1.83. The molecule has 0 aliphatic heterocycles. The highest BCUT2D eigenvalue weighted by Crippen LogP contribution is 2.30. The lowest BCUT2D eigenvalue weighted by Gasteiger charge is -2.00. The Labute approximate surface area is 116 Å². The van der Waals surface area contributed by atoms with E-state index in [1.165, 1.54) is 10.4 Å². The molecule has 0 amide bonds. The zero-order chi connectivity index (χ0) is 13.5. The van der Waals surface area contributed by atoms with E-state index in [1.54, 1.807) is 27.8 Å². The Morgan fingerprint density at radius 1 is 1.22 bits per heavy atom. The maximum Gasteiger partial charge on any atom is 0.503 e. The number of carboxylic acid groups (broad SMARTS) is 2. The molecule has 1 heterocycles. The fraction of sp³-hybridized carbons (Fsp3) is 0.0909. The van der Waals surface area contributed by atoms with Crippen molar-refractivity contribution in [1.82, 2.24) is 0 Å². The lowest BCUT2D eigenvalue weighted by molar-refractivity contribution is 0.137. The molecule has 96 valence electrons. The van der Waals surface area contributed by atoms with Gasteiger partial charge in [0.25, 0.3) is 0 Å². The minimum absolute atomic E-state index is 0.882. The first-order valence-electron chi connectivity index (χ1n) is 4.69. The molecule has 1 aromatic heterocycles. The molecule has 7 heteroatoms. The molecule has 0 aliphatic carbocycles. The quantitative estimate of drug-likeness (QED) is 0.634. The molecule has 0 saturated carbocycles. The van der Waals surface area contributed by atoms with E-state index < -0.39 is 6.16 Å². The van der Waals surface area contributed by atoms with Gasteiger partial charge >= 0.3 is 6.16 Å². The Bertz CT molecular complexity index is 552. The van der Waals surface area contributed by atoms with Crippen LogP contribution >= 0.6 is 32.9 Å². The second-order valence-corrected chi connectivity index (χ2v) is 5.92. The van der Waals surface area contributed by atoms with Gasteiger partial charge in [0.2, 0.25) is 0 Å². The lowest BCUT2D eigenvalue weighted by Crippen LogP contribution is -1.81. The normalized spacial score (nSPS) is 9.17. The first-order chi connectivity index (χ1) is 8.52. The van der Waals surface area contributed by atoms with Gasteiger partial charge in [-0.05, 0) is 35.9 Å². The third kappa shape index (κ3) is 4.82. The summed E-state index contributed by atoms with van der Waals surface area (Å²) in [4.78, 5) is 9.78. The zero-order valence-corrected chi connectivity index (χ0v) is 11.8. The average molecular weight is 302 g/mol. The van der Waals surface area contributed by atoms with Crippen LogP contribution in [0.4, 0.5) is 4.79 Å². The maximum absolute atomic E-state index is 8.56. The van der Waals surface area contributed by atoms with E-state index in [0.29, 0.717) is 0 Å². The highest BCUT2D eigenvalue weighted by atomic mass is 32.9. The van der Waals surface area contributed by atoms with Gasteiger partial charge < -0.3 is 14.9 Å². The number of hydrogen-bond donors (Lipinski definition) is 2. The van der Waals surface area contributed by atoms with Crippen LogP contribution < -0.4 is 4.74 Å². The number of benzene rings is 1. The molecule has 0 fully saturated rings. The van der Waals surface area contributed by atoms with Crippen LogP contribution in [0.15, 0.2) is 30.3 Å². The topological polar surface area (TPSA) is 66.8 Å². The van der Waals surface area contributed by atoms with Crippen molar-refractivity contribution in [3.05, 3.63) is 34.2 Å². The molecule has 0 bridgehead atoms. The molecule has 4 nitrogen and oxygen atoms in total. The van der Waals surface area contributed by atoms with Crippen molar-refractivity contribution < 1.29 is 19.7 Å². The molecule has 0 spiro atoms. The Kier molecular flexibility index (Phi) is 5.76. The second-order valence-electron chi connectivity index (χ2n) is 3.01. The van der Waals surface area contributed by atoms with Crippen LogP contribution in [-0.4, -0.2) is 23.5 Å². The largest absolute Gasteiger partial charge is 0.503 e. The van der Waals surface area contributed by atoms with Gasteiger partial charge in [-0.15, -0.1) is 0 Å². The zero-order valence-electron chi connectivity index (χ0n) is 9.32. The Morgan fingerprint density at radius 2 is 1.78 bits per heavy atom. The van der Waals surface area contributed by atoms with Gasteiger partial charge in [-0.3, -0.25) is 0 Å². The van der Waals surface area contributed by atoms with Crippen molar-refractivity contribution in [2.75, 3.05) is 7.11 Å². The van der Waals surface area contributed by atoms with Crippen molar-refractivity contribution in [2.45, 2.75) is 0 Å². The maximum atomic E-state index is 8.56. The van der Waals surface area contributed by atoms with Crippen molar-refractivity contribution >= 4 is 39.1 Å². The predicted octanol–water partition coefficient (Wildman–Crippen LogP) is 4.44. The molecule has 0 radical (unpaired) electrons. The van der Waals surface area contributed by atoms with Gasteiger partial charge in [-0.1, -0.05) is 32.9 Å². The van der Waals surface area contributed by atoms with Gasteiger partial charge in [0, 0.05) is 4.88 Å². The van der Waals surface area contributed by atoms with Crippen molar-refractivity contribution in [2.24, 2.45) is 0 Å². The first-order valence-corrected chi connectivity index (χ1v) is 7.25. The number of methoxy groups -OCH3 is 1. The van der Waals surface area contributed by atoms with Crippen molar-refractivity contribution in [1.29, 1.82) is 0 Å². The van der Waals surface area contributed by atoms with Crippen LogP contribution in [0.1, 0.15) is 0 Å². The monoisotopic (exact) mass is 302 g/mol. The van der Waals surface area contributed by atoms with E-state index in [-0.39, 0.29) is 0 Å². The van der Waals surface area contributed by atoms with Crippen LogP contribution in [0.5, 0.6) is 5.75 Å². The number of ether oxygens (including phenoxy) is 1. The highest BCUT2D eigenvalue weighted by molar-refractivity contribution is 7.80. The van der Waals surface area contributed by atoms with E-state index in [0.717, 1.165) is 9.57 Å². The smallest absolute Gasteiger partial charge is 0.497 e. The summed E-state index contributed by atoms with van der Waals surface area (Å²) in [6.45, 7) is 0. The van der Waals surface area contributed by atoms with Crippen LogP contribution in [0, 0.1) is 3.82 Å². The van der Waals surface area contributed by atoms with E-state index in [4.69, 9.17) is 32.0 Å². The van der Waals surface area contributed by atoms with Crippen LogP contribution in [0.2, 0.25) is 0 Å². The van der Waals surface area contributed by atoms with E-state index >= 15 is 0 Å². The van der Waals surface area contributed by atoms with Gasteiger partial charge in [0.1, 0.15) is 9.57 Å². The second kappa shape index (κ2) is 7.10. The van der Waals surface area contributed by atoms with Gasteiger partial charge in [-0.2, -0.15) is 0 Å². The van der Waals surface area contributed by atoms with Crippen LogP contribution in [0.3, 0.4) is 0 Å². The summed E-state index contributed by atoms with van der Waals surface area (Å²) in [5.41, 5.74) is 1.20. The summed E-state index contributed by atoms with van der Waals surface area (Å²) in [5.74, 6) is 0.882. The number of rotatable bonds is 2. The van der Waals surface area contributed by atoms with E-state index in [2.05, 4.69) is 0 Å². The fourth-order valence-corrected chi connectivity index (χ4v) is 3.53. The van der Waals surface area contributed by atoms with E-state index in [1.807, 2.05) is 30.3 Å². The molecule has 1 aromatic carbocycles. The molecule has 2 rings (SSSR count). The molecule has 0 unspecified atom stereocenters. The fourth-order valence-electron chi connectivity index (χ4n) is 1.13. The third-order valence-corrected chi connectivity index (χ3v) is 4.75. The first kappa shape index (κ1) is 14.6. The Balaban J connectivity index is 0.000000357. The van der Waals surface area contributed by atoms with Gasteiger partial charge in [0.05, 0.1) is 7.11 Å². The summed E-state index contributed by atoms with van der Waals surface area (Å²) in [7, 11) is 5.02. The predicted molar refractivity (Wildman–Crippen MR) is 75.7 cm³/mol. The molecular formula is C11H10O4S3. The Hall–Kier alpha value is -1.44. The van der Waals surface area contributed by atoms with Gasteiger partial charge in [0.15, 0.2) is 0 Å².